The summed E-state index contributed by atoms with van der Waals surface area (Å²) in [7, 11) is 0. The second-order valence-corrected chi connectivity index (χ2v) is 8.10. The Labute approximate surface area is 192 Å². The smallest absolute Gasteiger partial charge is 0.277 e. The highest BCUT2D eigenvalue weighted by atomic mass is 35.5. The lowest BCUT2D eigenvalue weighted by molar-refractivity contribution is -0.123. The van der Waals surface area contributed by atoms with Crippen molar-refractivity contribution in [1.29, 1.82) is 0 Å². The van der Waals surface area contributed by atoms with Gasteiger partial charge in [0.05, 0.1) is 6.21 Å². The van der Waals surface area contributed by atoms with Gasteiger partial charge in [0.25, 0.3) is 5.91 Å². The first-order chi connectivity index (χ1) is 15.5. The predicted molar refractivity (Wildman–Crippen MR) is 130 cm³/mol. The summed E-state index contributed by atoms with van der Waals surface area (Å²) in [4.78, 5) is 12.2. The maximum absolute atomic E-state index is 12.2. The van der Waals surface area contributed by atoms with Gasteiger partial charge in [0.1, 0.15) is 5.75 Å². The fourth-order valence-corrected chi connectivity index (χ4v) is 3.79. The molecule has 0 fully saturated rings. The molecule has 162 valence electrons. The van der Waals surface area contributed by atoms with Crippen LogP contribution in [-0.4, -0.2) is 23.3 Å². The first-order valence-corrected chi connectivity index (χ1v) is 10.7. The molecule has 0 atom stereocenters. The second-order valence-electron chi connectivity index (χ2n) is 7.66. The van der Waals surface area contributed by atoms with Crippen LogP contribution in [0.5, 0.6) is 5.75 Å². The van der Waals surface area contributed by atoms with Gasteiger partial charge in [-0.3, -0.25) is 4.79 Å². The predicted octanol–water partition coefficient (Wildman–Crippen LogP) is 5.49. The van der Waals surface area contributed by atoms with Crippen molar-refractivity contribution in [3.8, 4) is 5.75 Å². The van der Waals surface area contributed by atoms with Crippen molar-refractivity contribution in [2.45, 2.75) is 20.4 Å². The lowest BCUT2D eigenvalue weighted by atomic mass is 10.1. The van der Waals surface area contributed by atoms with Crippen LogP contribution >= 0.6 is 11.6 Å². The Hall–Kier alpha value is -3.57. The molecule has 0 saturated heterocycles. The number of ether oxygens (including phenoxy) is 1. The number of hydrogen-bond donors (Lipinski definition) is 1. The van der Waals surface area contributed by atoms with Crippen molar-refractivity contribution in [3.05, 3.63) is 100 Å². The van der Waals surface area contributed by atoms with E-state index >= 15 is 0 Å². The SMILES string of the molecule is Cc1cccc(C)c1OCC(=O)N/N=C\c1cn(Cc2ccc(Cl)cc2)c2ccccc12. The molecule has 0 aliphatic heterocycles. The number of benzene rings is 3. The number of rotatable bonds is 7. The molecule has 1 heterocycles. The van der Waals surface area contributed by atoms with Gasteiger partial charge < -0.3 is 9.30 Å². The number of aryl methyl sites for hydroxylation is 2. The van der Waals surface area contributed by atoms with E-state index in [2.05, 4.69) is 21.2 Å². The summed E-state index contributed by atoms with van der Waals surface area (Å²) in [5.74, 6) is 0.422. The van der Waals surface area contributed by atoms with Crippen LogP contribution in [0, 0.1) is 13.8 Å². The Bertz CT molecular complexity index is 1260. The average Bonchev–Trinajstić information content (AvgIpc) is 3.12. The molecular formula is C26H24ClN3O2. The molecule has 0 radical (unpaired) electrons. The third kappa shape index (κ3) is 5.01. The number of hydrazone groups is 1. The van der Waals surface area contributed by atoms with Gasteiger partial charge in [-0.15, -0.1) is 0 Å². The highest BCUT2D eigenvalue weighted by Gasteiger charge is 2.09. The molecule has 1 aromatic heterocycles. The second kappa shape index (κ2) is 9.71. The van der Waals surface area contributed by atoms with Gasteiger partial charge in [0, 0.05) is 34.2 Å². The molecule has 0 saturated carbocycles. The third-order valence-corrected chi connectivity index (χ3v) is 5.49. The van der Waals surface area contributed by atoms with Gasteiger partial charge in [-0.05, 0) is 48.7 Å². The molecular weight excluding hydrogens is 422 g/mol. The highest BCUT2D eigenvalue weighted by Crippen LogP contribution is 2.23. The van der Waals surface area contributed by atoms with Crippen LogP contribution in [0.25, 0.3) is 10.9 Å². The molecule has 4 aromatic rings. The minimum absolute atomic E-state index is 0.0959. The number of aromatic nitrogens is 1. The molecule has 4 rings (SSSR count). The van der Waals surface area contributed by atoms with E-state index in [0.29, 0.717) is 6.54 Å². The lowest BCUT2D eigenvalue weighted by Gasteiger charge is -2.10. The van der Waals surface area contributed by atoms with Crippen LogP contribution in [-0.2, 0) is 11.3 Å². The topological polar surface area (TPSA) is 55.6 Å². The fourth-order valence-electron chi connectivity index (χ4n) is 3.67. The van der Waals surface area contributed by atoms with Gasteiger partial charge in [0.15, 0.2) is 6.61 Å². The Morgan fingerprint density at radius 3 is 2.50 bits per heavy atom. The molecule has 0 bridgehead atoms. The van der Waals surface area contributed by atoms with Gasteiger partial charge in [-0.2, -0.15) is 5.10 Å². The van der Waals surface area contributed by atoms with Gasteiger partial charge >= 0.3 is 0 Å². The van der Waals surface area contributed by atoms with E-state index in [1.54, 1.807) is 6.21 Å². The Morgan fingerprint density at radius 2 is 1.75 bits per heavy atom. The van der Waals surface area contributed by atoms with Crippen molar-refractivity contribution < 1.29 is 9.53 Å². The average molecular weight is 446 g/mol. The minimum atomic E-state index is -0.311. The molecule has 0 aliphatic rings. The Morgan fingerprint density at radius 1 is 1.03 bits per heavy atom. The summed E-state index contributed by atoms with van der Waals surface area (Å²) in [6.45, 7) is 4.53. The van der Waals surface area contributed by atoms with Gasteiger partial charge in [0.2, 0.25) is 0 Å². The minimum Gasteiger partial charge on any atom is -0.483 e. The summed E-state index contributed by atoms with van der Waals surface area (Å²) < 4.78 is 7.84. The molecule has 0 aliphatic carbocycles. The van der Waals surface area contributed by atoms with Crippen molar-refractivity contribution in [3.63, 3.8) is 0 Å². The van der Waals surface area contributed by atoms with Crippen LogP contribution in [0.1, 0.15) is 22.3 Å². The zero-order chi connectivity index (χ0) is 22.5. The number of halogens is 1. The maximum atomic E-state index is 12.2. The molecule has 0 spiro atoms. The van der Waals surface area contributed by atoms with Crippen LogP contribution in [0.3, 0.4) is 0 Å². The summed E-state index contributed by atoms with van der Waals surface area (Å²) in [6.07, 6.45) is 3.69. The lowest BCUT2D eigenvalue weighted by Crippen LogP contribution is -2.25. The highest BCUT2D eigenvalue weighted by molar-refractivity contribution is 6.30. The van der Waals surface area contributed by atoms with Crippen molar-refractivity contribution in [2.75, 3.05) is 6.61 Å². The monoisotopic (exact) mass is 445 g/mol. The number of carbonyl (C=O) groups excluding carboxylic acids is 1. The summed E-state index contributed by atoms with van der Waals surface area (Å²) >= 11 is 6.00. The largest absolute Gasteiger partial charge is 0.483 e. The molecule has 1 amide bonds. The van der Waals surface area contributed by atoms with Gasteiger partial charge in [-0.25, -0.2) is 5.43 Å². The molecule has 1 N–H and O–H groups in total. The van der Waals surface area contributed by atoms with Gasteiger partial charge in [-0.1, -0.05) is 60.1 Å². The van der Waals surface area contributed by atoms with E-state index in [0.717, 1.165) is 43.9 Å². The summed E-state index contributed by atoms with van der Waals surface area (Å²) in [5, 5.41) is 5.93. The first-order valence-electron chi connectivity index (χ1n) is 10.3. The quantitative estimate of drug-likeness (QED) is 0.302. The Balaban J connectivity index is 1.44. The number of nitrogens with zero attached hydrogens (tertiary/aromatic N) is 2. The van der Waals surface area contributed by atoms with Crippen molar-refractivity contribution in [2.24, 2.45) is 5.10 Å². The van der Waals surface area contributed by atoms with Crippen LogP contribution < -0.4 is 10.2 Å². The van der Waals surface area contributed by atoms with E-state index in [1.165, 1.54) is 0 Å². The van der Waals surface area contributed by atoms with E-state index in [1.807, 2.05) is 80.7 Å². The van der Waals surface area contributed by atoms with E-state index in [4.69, 9.17) is 16.3 Å². The molecule has 3 aromatic carbocycles. The van der Waals surface area contributed by atoms with Crippen molar-refractivity contribution in [1.82, 2.24) is 9.99 Å². The van der Waals surface area contributed by atoms with E-state index in [-0.39, 0.29) is 12.5 Å². The molecule has 5 nitrogen and oxygen atoms in total. The number of fused-ring (bicyclic) bond motifs is 1. The maximum Gasteiger partial charge on any atom is 0.277 e. The molecule has 0 unspecified atom stereocenters. The Kier molecular flexibility index (Phi) is 6.57. The fraction of sp³-hybridized carbons (Fsp3) is 0.154. The zero-order valence-corrected chi connectivity index (χ0v) is 18.8. The molecule has 32 heavy (non-hydrogen) atoms. The van der Waals surface area contributed by atoms with Crippen molar-refractivity contribution >= 4 is 34.6 Å². The molecule has 6 heteroatoms. The number of hydrogen-bond acceptors (Lipinski definition) is 3. The number of amides is 1. The number of para-hydroxylation sites is 2. The normalized spacial score (nSPS) is 11.2. The van der Waals surface area contributed by atoms with E-state index < -0.39 is 0 Å². The summed E-state index contributed by atoms with van der Waals surface area (Å²) in [5.41, 5.74) is 7.70. The number of nitrogens with one attached hydrogen (secondary N) is 1. The van der Waals surface area contributed by atoms with Crippen LogP contribution in [0.15, 0.2) is 78.0 Å². The standard InChI is InChI=1S/C26H24ClN3O2/c1-18-6-5-7-19(2)26(18)32-17-25(31)29-28-14-21-16-30(24-9-4-3-8-23(21)24)15-20-10-12-22(27)13-11-20/h3-14,16H,15,17H2,1-2H3,(H,29,31)/b28-14-. The number of carbonyl (C=O) groups is 1. The third-order valence-electron chi connectivity index (χ3n) is 5.23. The van der Waals surface area contributed by atoms with E-state index in [9.17, 15) is 4.79 Å². The van der Waals surface area contributed by atoms with Crippen LogP contribution in [0.2, 0.25) is 5.02 Å². The summed E-state index contributed by atoms with van der Waals surface area (Å²) in [6, 6.07) is 21.8. The zero-order valence-electron chi connectivity index (χ0n) is 18.0. The van der Waals surface area contributed by atoms with Crippen LogP contribution in [0.4, 0.5) is 0 Å². The first kappa shape index (κ1) is 21.7.